The zero-order valence-electron chi connectivity index (χ0n) is 6.64. The van der Waals surface area contributed by atoms with Crippen LogP contribution in [-0.2, 0) is 4.79 Å². The second-order valence-corrected chi connectivity index (χ2v) is 2.69. The van der Waals surface area contributed by atoms with Crippen LogP contribution in [0.1, 0.15) is 0 Å². The molecule has 1 rings (SSSR count). The topological polar surface area (TPSA) is 17.1 Å². The van der Waals surface area contributed by atoms with Gasteiger partial charge in [0.1, 0.15) is 6.29 Å². The largest absolute Gasteiger partial charge is 0.416 e. The maximum absolute atomic E-state index is 12.1. The summed E-state index contributed by atoms with van der Waals surface area (Å²) in [6.45, 7) is 3.37. The van der Waals surface area contributed by atoms with Gasteiger partial charge in [-0.25, -0.2) is 0 Å². The Balaban J connectivity index is 2.92. The van der Waals surface area contributed by atoms with Crippen LogP contribution in [0.5, 0.6) is 0 Å². The second-order valence-electron chi connectivity index (χ2n) is 2.69. The van der Waals surface area contributed by atoms with Crippen molar-refractivity contribution in [3.63, 3.8) is 0 Å². The molecule has 0 aromatic heterocycles. The summed E-state index contributed by atoms with van der Waals surface area (Å²) in [5.41, 5.74) is -0.597. The van der Waals surface area contributed by atoms with Crippen LogP contribution in [0.25, 0.3) is 0 Å². The average Bonchev–Trinajstić information content (AvgIpc) is 2.02. The van der Waals surface area contributed by atoms with Crippen molar-refractivity contribution in [2.45, 2.75) is 6.18 Å². The van der Waals surface area contributed by atoms with Gasteiger partial charge < -0.3 is 4.79 Å². The molecule has 4 heteroatoms. The third-order valence-electron chi connectivity index (χ3n) is 1.73. The molecule has 0 amide bonds. The van der Waals surface area contributed by atoms with E-state index in [0.29, 0.717) is 6.29 Å². The van der Waals surface area contributed by atoms with E-state index in [2.05, 4.69) is 6.58 Å². The second kappa shape index (κ2) is 3.20. The van der Waals surface area contributed by atoms with Crippen LogP contribution in [0.3, 0.4) is 0 Å². The maximum Gasteiger partial charge on any atom is 0.416 e. The molecular formula is C9H7F3O. The van der Waals surface area contributed by atoms with Crippen molar-refractivity contribution in [2.24, 2.45) is 5.92 Å². The summed E-state index contributed by atoms with van der Waals surface area (Å²) in [6.07, 6.45) is -0.833. The number of allylic oxidation sites excluding steroid dienone is 5. The summed E-state index contributed by atoms with van der Waals surface area (Å²) in [7, 11) is 0. The molecule has 70 valence electrons. The lowest BCUT2D eigenvalue weighted by Gasteiger charge is -2.15. The Labute approximate surface area is 73.2 Å². The van der Waals surface area contributed by atoms with Gasteiger partial charge in [-0.15, -0.1) is 0 Å². The van der Waals surface area contributed by atoms with E-state index < -0.39 is 17.7 Å². The van der Waals surface area contributed by atoms with Crippen molar-refractivity contribution in [3.8, 4) is 0 Å². The zero-order chi connectivity index (χ0) is 10.1. The first-order valence-corrected chi connectivity index (χ1v) is 3.56. The Kier molecular flexibility index (Phi) is 2.40. The number of rotatable bonds is 1. The van der Waals surface area contributed by atoms with E-state index in [1.165, 1.54) is 6.08 Å². The number of hydrogen-bond donors (Lipinski definition) is 0. The molecule has 0 radical (unpaired) electrons. The molecule has 1 aliphatic rings. The summed E-state index contributed by atoms with van der Waals surface area (Å²) < 4.78 is 36.3. The molecule has 0 bridgehead atoms. The van der Waals surface area contributed by atoms with Crippen molar-refractivity contribution in [1.29, 1.82) is 0 Å². The first kappa shape index (κ1) is 9.77. The lowest BCUT2D eigenvalue weighted by molar-refractivity contribution is -0.109. The molecule has 0 saturated carbocycles. The highest BCUT2D eigenvalue weighted by Crippen LogP contribution is 2.31. The summed E-state index contributed by atoms with van der Waals surface area (Å²) in [5.74, 6) is -0.619. The van der Waals surface area contributed by atoms with E-state index in [1.54, 1.807) is 0 Å². The van der Waals surface area contributed by atoms with Gasteiger partial charge in [-0.1, -0.05) is 18.7 Å². The van der Waals surface area contributed by atoms with E-state index in [0.717, 1.165) is 12.2 Å². The molecule has 1 atom stereocenters. The molecule has 1 nitrogen and oxygen atoms in total. The summed E-state index contributed by atoms with van der Waals surface area (Å²) >= 11 is 0. The minimum Gasteiger partial charge on any atom is -0.302 e. The lowest BCUT2D eigenvalue weighted by Crippen LogP contribution is -2.14. The van der Waals surface area contributed by atoms with E-state index in [1.807, 2.05) is 0 Å². The Bertz CT molecular complexity index is 296. The normalized spacial score (nSPS) is 22.8. The number of hydrogen-bond acceptors (Lipinski definition) is 1. The van der Waals surface area contributed by atoms with Crippen molar-refractivity contribution in [3.05, 3.63) is 36.0 Å². The molecule has 0 N–H and O–H groups in total. The van der Waals surface area contributed by atoms with Gasteiger partial charge in [0.2, 0.25) is 0 Å². The number of carbonyl (C=O) groups is 1. The lowest BCUT2D eigenvalue weighted by atomic mass is 9.93. The van der Waals surface area contributed by atoms with Crippen molar-refractivity contribution in [1.82, 2.24) is 0 Å². The van der Waals surface area contributed by atoms with Crippen LogP contribution in [-0.4, -0.2) is 12.5 Å². The quantitative estimate of drug-likeness (QED) is 0.577. The van der Waals surface area contributed by atoms with Crippen LogP contribution in [0.2, 0.25) is 0 Å². The van der Waals surface area contributed by atoms with Crippen LogP contribution < -0.4 is 0 Å². The van der Waals surface area contributed by atoms with Gasteiger partial charge in [0.15, 0.2) is 0 Å². The summed E-state index contributed by atoms with van der Waals surface area (Å²) in [6, 6.07) is 0. The number of alkyl halides is 3. The fraction of sp³-hybridized carbons (Fsp3) is 0.222. The van der Waals surface area contributed by atoms with Crippen LogP contribution in [0, 0.1) is 5.92 Å². The minimum absolute atomic E-state index is 0.171. The fourth-order valence-electron chi connectivity index (χ4n) is 0.984. The van der Waals surface area contributed by atoms with Gasteiger partial charge in [0, 0.05) is 0 Å². The molecule has 1 aliphatic carbocycles. The number of halogens is 3. The molecule has 0 aromatic rings. The van der Waals surface area contributed by atoms with E-state index in [4.69, 9.17) is 0 Å². The predicted octanol–water partition coefficient (Wildman–Crippen LogP) is 2.42. The van der Waals surface area contributed by atoms with Gasteiger partial charge in [0.05, 0.1) is 11.5 Å². The maximum atomic E-state index is 12.1. The third-order valence-corrected chi connectivity index (χ3v) is 1.73. The molecule has 1 unspecified atom stereocenters. The highest BCUT2D eigenvalue weighted by Gasteiger charge is 2.33. The molecular weight excluding hydrogens is 181 g/mol. The Hall–Kier alpha value is -1.32. The molecule has 0 fully saturated rings. The summed E-state index contributed by atoms with van der Waals surface area (Å²) in [4.78, 5) is 10.3. The van der Waals surface area contributed by atoms with Crippen molar-refractivity contribution >= 4 is 6.29 Å². The highest BCUT2D eigenvalue weighted by atomic mass is 19.4. The van der Waals surface area contributed by atoms with Crippen molar-refractivity contribution in [2.75, 3.05) is 0 Å². The number of aldehydes is 1. The van der Waals surface area contributed by atoms with Gasteiger partial charge in [-0.3, -0.25) is 0 Å². The van der Waals surface area contributed by atoms with Gasteiger partial charge in [-0.05, 0) is 11.6 Å². The van der Waals surface area contributed by atoms with Gasteiger partial charge in [-0.2, -0.15) is 13.2 Å². The zero-order valence-corrected chi connectivity index (χ0v) is 6.64. The first-order valence-electron chi connectivity index (χ1n) is 3.56. The third kappa shape index (κ3) is 2.08. The monoisotopic (exact) mass is 188 g/mol. The fourth-order valence-corrected chi connectivity index (χ4v) is 0.984. The minimum atomic E-state index is -4.37. The van der Waals surface area contributed by atoms with Crippen LogP contribution in [0.15, 0.2) is 36.0 Å². The number of carbonyl (C=O) groups excluding carboxylic acids is 1. The van der Waals surface area contributed by atoms with E-state index >= 15 is 0 Å². The van der Waals surface area contributed by atoms with Crippen molar-refractivity contribution < 1.29 is 18.0 Å². The Morgan fingerprint density at radius 1 is 1.46 bits per heavy atom. The Morgan fingerprint density at radius 2 is 2.08 bits per heavy atom. The average molecular weight is 188 g/mol. The molecule has 13 heavy (non-hydrogen) atoms. The van der Waals surface area contributed by atoms with Gasteiger partial charge in [0.25, 0.3) is 0 Å². The molecule has 0 heterocycles. The predicted molar refractivity (Wildman–Crippen MR) is 42.0 cm³/mol. The van der Waals surface area contributed by atoms with Crippen LogP contribution >= 0.6 is 0 Å². The standard InChI is InChI=1S/C9H7F3O/c1-6-4-8(9(10,11)12)3-2-7(6)5-13/h2-5,7H,1H2. The highest BCUT2D eigenvalue weighted by molar-refractivity contribution is 5.65. The molecule has 0 aromatic carbocycles. The smallest absolute Gasteiger partial charge is 0.302 e. The van der Waals surface area contributed by atoms with E-state index in [-0.39, 0.29) is 5.57 Å². The Morgan fingerprint density at radius 3 is 2.46 bits per heavy atom. The molecule has 0 spiro atoms. The van der Waals surface area contributed by atoms with Gasteiger partial charge >= 0.3 is 6.18 Å². The van der Waals surface area contributed by atoms with E-state index in [9.17, 15) is 18.0 Å². The van der Waals surface area contributed by atoms with Crippen LogP contribution in [0.4, 0.5) is 13.2 Å². The molecule has 0 saturated heterocycles. The first-order chi connectivity index (χ1) is 5.95. The molecule has 0 aliphatic heterocycles. The summed E-state index contributed by atoms with van der Waals surface area (Å²) in [5, 5.41) is 0. The SMILES string of the molecule is C=C1C=C(C(F)(F)F)C=CC1C=O.